The molecule has 7 heteroatoms. The maximum atomic E-state index is 12.9. The topological polar surface area (TPSA) is 71.1 Å². The summed E-state index contributed by atoms with van der Waals surface area (Å²) < 4.78 is 12.9. The van der Waals surface area contributed by atoms with Gasteiger partial charge < -0.3 is 0 Å². The zero-order valence-corrected chi connectivity index (χ0v) is 15.0. The van der Waals surface area contributed by atoms with Crippen LogP contribution in [0.1, 0.15) is 15.9 Å². The second-order valence-electron chi connectivity index (χ2n) is 5.58. The van der Waals surface area contributed by atoms with Gasteiger partial charge in [-0.3, -0.25) is 20.4 Å². The van der Waals surface area contributed by atoms with Crippen molar-refractivity contribution in [1.82, 2.24) is 15.8 Å². The molecule has 0 saturated heterocycles. The number of hydrazine groups is 1. The van der Waals surface area contributed by atoms with E-state index in [1.165, 1.54) is 36.0 Å². The van der Waals surface area contributed by atoms with Crippen molar-refractivity contribution in [3.05, 3.63) is 89.9 Å². The zero-order chi connectivity index (χ0) is 19.1. The number of pyridine rings is 1. The number of halogens is 1. The molecule has 2 aromatic carbocycles. The van der Waals surface area contributed by atoms with E-state index >= 15 is 0 Å². The lowest BCUT2D eigenvalue weighted by atomic mass is 10.1. The highest BCUT2D eigenvalue weighted by Gasteiger charge is 2.14. The highest BCUT2D eigenvalue weighted by Crippen LogP contribution is 2.28. The first-order chi connectivity index (χ1) is 13.1. The Bertz CT molecular complexity index is 933. The van der Waals surface area contributed by atoms with E-state index in [2.05, 4.69) is 15.8 Å². The summed E-state index contributed by atoms with van der Waals surface area (Å²) in [7, 11) is 0. The second-order valence-corrected chi connectivity index (χ2v) is 6.64. The number of carbonyl (C=O) groups is 2. The van der Waals surface area contributed by atoms with E-state index < -0.39 is 11.8 Å². The third kappa shape index (κ3) is 5.39. The number of rotatable bonds is 5. The molecule has 27 heavy (non-hydrogen) atoms. The van der Waals surface area contributed by atoms with E-state index in [1.54, 1.807) is 18.3 Å². The third-order valence-electron chi connectivity index (χ3n) is 3.57. The first-order valence-corrected chi connectivity index (χ1v) is 8.95. The van der Waals surface area contributed by atoms with Crippen molar-refractivity contribution in [2.45, 2.75) is 16.3 Å². The van der Waals surface area contributed by atoms with Crippen LogP contribution in [0.3, 0.4) is 0 Å². The lowest BCUT2D eigenvalue weighted by Gasteiger charge is -2.10. The molecule has 2 N–H and O–H groups in total. The van der Waals surface area contributed by atoms with E-state index in [1.807, 2.05) is 30.3 Å². The van der Waals surface area contributed by atoms with Crippen LogP contribution in [0.2, 0.25) is 0 Å². The van der Waals surface area contributed by atoms with Crippen LogP contribution < -0.4 is 10.9 Å². The number of amides is 2. The summed E-state index contributed by atoms with van der Waals surface area (Å²) in [6, 6.07) is 18.5. The van der Waals surface area contributed by atoms with Gasteiger partial charge in [0.25, 0.3) is 5.91 Å². The number of hydrogen-bond donors (Lipinski definition) is 2. The van der Waals surface area contributed by atoms with Gasteiger partial charge in [0.15, 0.2) is 0 Å². The van der Waals surface area contributed by atoms with Crippen LogP contribution in [0.5, 0.6) is 0 Å². The van der Waals surface area contributed by atoms with Crippen LogP contribution in [0.15, 0.2) is 82.8 Å². The van der Waals surface area contributed by atoms with Crippen LogP contribution in [0.4, 0.5) is 4.39 Å². The minimum absolute atomic E-state index is 0.0270. The van der Waals surface area contributed by atoms with Crippen LogP contribution in [-0.2, 0) is 11.2 Å². The molecule has 0 spiro atoms. The standard InChI is InChI=1S/C20H16FN3O2S/c21-15-10-8-14(9-11-15)13-18(25)23-24-19(26)17-7-4-12-22-20(17)27-16-5-2-1-3-6-16/h1-12H,13H2,(H,23,25)(H,24,26). The van der Waals surface area contributed by atoms with Crippen molar-refractivity contribution >= 4 is 23.6 Å². The van der Waals surface area contributed by atoms with Crippen molar-refractivity contribution in [1.29, 1.82) is 0 Å². The third-order valence-corrected chi connectivity index (χ3v) is 4.59. The summed E-state index contributed by atoms with van der Waals surface area (Å²) in [5, 5.41) is 0.536. The highest BCUT2D eigenvalue weighted by atomic mass is 32.2. The Morgan fingerprint density at radius 1 is 0.926 bits per heavy atom. The molecular weight excluding hydrogens is 365 g/mol. The number of carbonyl (C=O) groups excluding carboxylic acids is 2. The van der Waals surface area contributed by atoms with Gasteiger partial charge in [0, 0.05) is 11.1 Å². The number of aromatic nitrogens is 1. The maximum Gasteiger partial charge on any atom is 0.272 e. The molecule has 0 aliphatic rings. The molecule has 3 aromatic rings. The SMILES string of the molecule is O=C(Cc1ccc(F)cc1)NNC(=O)c1cccnc1Sc1ccccc1. The van der Waals surface area contributed by atoms with Gasteiger partial charge in [-0.15, -0.1) is 0 Å². The Morgan fingerprint density at radius 2 is 1.67 bits per heavy atom. The second kappa shape index (κ2) is 8.95. The van der Waals surface area contributed by atoms with Gasteiger partial charge >= 0.3 is 0 Å². The average Bonchev–Trinajstić information content (AvgIpc) is 2.69. The highest BCUT2D eigenvalue weighted by molar-refractivity contribution is 7.99. The first kappa shape index (κ1) is 18.6. The summed E-state index contributed by atoms with van der Waals surface area (Å²) in [6.07, 6.45) is 1.63. The van der Waals surface area contributed by atoms with Crippen LogP contribution >= 0.6 is 11.8 Å². The van der Waals surface area contributed by atoms with Crippen molar-refractivity contribution in [3.63, 3.8) is 0 Å². The molecule has 0 aliphatic heterocycles. The van der Waals surface area contributed by atoms with Gasteiger partial charge in [-0.05, 0) is 42.0 Å². The Morgan fingerprint density at radius 3 is 2.41 bits per heavy atom. The predicted octanol–water partition coefficient (Wildman–Crippen LogP) is 3.38. The lowest BCUT2D eigenvalue weighted by Crippen LogP contribution is -2.42. The molecule has 1 heterocycles. The molecule has 1 aromatic heterocycles. The van der Waals surface area contributed by atoms with E-state index in [9.17, 15) is 14.0 Å². The van der Waals surface area contributed by atoms with Crippen molar-refractivity contribution in [2.24, 2.45) is 0 Å². The average molecular weight is 381 g/mol. The summed E-state index contributed by atoms with van der Waals surface area (Å²) in [5.74, 6) is -1.24. The van der Waals surface area contributed by atoms with Crippen molar-refractivity contribution in [2.75, 3.05) is 0 Å². The fraction of sp³-hybridized carbons (Fsp3) is 0.0500. The first-order valence-electron chi connectivity index (χ1n) is 8.13. The summed E-state index contributed by atoms with van der Waals surface area (Å²) >= 11 is 1.36. The monoisotopic (exact) mass is 381 g/mol. The molecular formula is C20H16FN3O2S. The summed E-state index contributed by atoms with van der Waals surface area (Å²) in [4.78, 5) is 29.6. The van der Waals surface area contributed by atoms with Gasteiger partial charge in [-0.1, -0.05) is 42.1 Å². The Balaban J connectivity index is 1.61. The molecule has 0 aliphatic carbocycles. The van der Waals surface area contributed by atoms with E-state index in [0.29, 0.717) is 16.2 Å². The quantitative estimate of drug-likeness (QED) is 0.665. The zero-order valence-electron chi connectivity index (χ0n) is 14.2. The maximum absolute atomic E-state index is 12.9. The minimum atomic E-state index is -0.464. The van der Waals surface area contributed by atoms with Crippen LogP contribution in [0, 0.1) is 5.82 Å². The van der Waals surface area contributed by atoms with Gasteiger partial charge in [0.1, 0.15) is 10.8 Å². The lowest BCUT2D eigenvalue weighted by molar-refractivity contribution is -0.121. The van der Waals surface area contributed by atoms with Gasteiger partial charge in [0.05, 0.1) is 12.0 Å². The number of nitrogens with one attached hydrogen (secondary N) is 2. The van der Waals surface area contributed by atoms with Crippen LogP contribution in [-0.4, -0.2) is 16.8 Å². The largest absolute Gasteiger partial charge is 0.273 e. The predicted molar refractivity (Wildman–Crippen MR) is 101 cm³/mol. The van der Waals surface area contributed by atoms with Crippen molar-refractivity contribution < 1.29 is 14.0 Å². The molecule has 0 saturated carbocycles. The molecule has 0 radical (unpaired) electrons. The fourth-order valence-electron chi connectivity index (χ4n) is 2.27. The number of benzene rings is 2. The Hall–Kier alpha value is -3.19. The molecule has 0 unspecified atom stereocenters. The molecule has 0 fully saturated rings. The molecule has 136 valence electrons. The van der Waals surface area contributed by atoms with Crippen molar-refractivity contribution in [3.8, 4) is 0 Å². The van der Waals surface area contributed by atoms with Gasteiger partial charge in [0.2, 0.25) is 5.91 Å². The van der Waals surface area contributed by atoms with E-state index in [0.717, 1.165) is 4.90 Å². The number of nitrogens with zero attached hydrogens (tertiary/aromatic N) is 1. The normalized spacial score (nSPS) is 10.3. The minimum Gasteiger partial charge on any atom is -0.273 e. The molecule has 0 bridgehead atoms. The smallest absolute Gasteiger partial charge is 0.272 e. The Kier molecular flexibility index (Phi) is 6.17. The number of hydrogen-bond acceptors (Lipinski definition) is 4. The van der Waals surface area contributed by atoms with E-state index in [4.69, 9.17) is 0 Å². The van der Waals surface area contributed by atoms with Crippen LogP contribution in [0.25, 0.3) is 0 Å². The Labute approximate surface area is 160 Å². The summed E-state index contributed by atoms with van der Waals surface area (Å²) in [6.45, 7) is 0. The molecule has 5 nitrogen and oxygen atoms in total. The molecule has 3 rings (SSSR count). The van der Waals surface area contributed by atoms with Gasteiger partial charge in [-0.2, -0.15) is 0 Å². The fourth-order valence-corrected chi connectivity index (χ4v) is 3.17. The molecule has 2 amide bonds. The van der Waals surface area contributed by atoms with Gasteiger partial charge in [-0.25, -0.2) is 9.37 Å². The van der Waals surface area contributed by atoms with E-state index in [-0.39, 0.29) is 12.2 Å². The summed E-state index contributed by atoms with van der Waals surface area (Å²) in [5.41, 5.74) is 5.75. The molecule has 0 atom stereocenters.